The molecule has 2 N–H and O–H groups in total. The summed E-state index contributed by atoms with van der Waals surface area (Å²) in [5.74, 6) is 0.606. The Morgan fingerprint density at radius 2 is 1.86 bits per heavy atom. The largest absolute Gasteiger partial charge is 0.491 e. The van der Waals surface area contributed by atoms with E-state index in [0.29, 0.717) is 41.1 Å². The summed E-state index contributed by atoms with van der Waals surface area (Å²) in [6.07, 6.45) is -0.568. The maximum Gasteiger partial charge on any atom is 0.187 e. The number of nitrogens with zero attached hydrogens (tertiary/aromatic N) is 3. The van der Waals surface area contributed by atoms with Gasteiger partial charge in [-0.15, -0.1) is 0 Å². The molecule has 3 aromatic rings. The number of piperazine rings is 1. The van der Waals surface area contributed by atoms with Crippen LogP contribution in [0.15, 0.2) is 66.7 Å². The first-order valence-corrected chi connectivity index (χ1v) is 13.0. The second kappa shape index (κ2) is 11.7. The van der Waals surface area contributed by atoms with Gasteiger partial charge in [0, 0.05) is 37.3 Å². The number of hydrogen-bond donors (Lipinski definition) is 2. The van der Waals surface area contributed by atoms with Gasteiger partial charge in [0.1, 0.15) is 12.4 Å². The van der Waals surface area contributed by atoms with Crippen LogP contribution >= 0.6 is 23.2 Å². The zero-order valence-electron chi connectivity index (χ0n) is 20.9. The van der Waals surface area contributed by atoms with E-state index in [1.165, 1.54) is 0 Å². The van der Waals surface area contributed by atoms with Crippen molar-refractivity contribution in [2.24, 2.45) is 0 Å². The molecule has 0 aromatic heterocycles. The molecule has 4 rings (SSSR count). The molecule has 0 aliphatic carbocycles. The maximum atomic E-state index is 11.4. The zero-order chi connectivity index (χ0) is 26.6. The molecular formula is C29H31Cl2N3O3. The van der Waals surface area contributed by atoms with E-state index >= 15 is 0 Å². The molecule has 1 fully saturated rings. The molecule has 0 bridgehead atoms. The van der Waals surface area contributed by atoms with Crippen LogP contribution in [0.3, 0.4) is 0 Å². The van der Waals surface area contributed by atoms with Gasteiger partial charge in [0.15, 0.2) is 5.69 Å². The average Bonchev–Trinajstić information content (AvgIpc) is 2.88. The van der Waals surface area contributed by atoms with E-state index in [1.807, 2.05) is 48.5 Å². The molecular weight excluding hydrogens is 509 g/mol. The molecule has 8 heteroatoms. The smallest absolute Gasteiger partial charge is 0.187 e. The molecule has 0 amide bonds. The van der Waals surface area contributed by atoms with E-state index in [4.69, 9.17) is 34.5 Å². The summed E-state index contributed by atoms with van der Waals surface area (Å²) in [6, 6.07) is 20.5. The second-order valence-corrected chi connectivity index (χ2v) is 10.5. The minimum absolute atomic E-state index is 0.0295. The average molecular weight is 540 g/mol. The molecule has 37 heavy (non-hydrogen) atoms. The number of aliphatic hydroxyl groups is 2. The SMILES string of the molecule is [C-]#[N+]c1cccc([C@](C)(O)CN2CCN(c3ccc(OC[C@@H](C)O)cc3Cl)[C@H](c3ccc(Cl)cc3)C2)c1. The molecule has 0 saturated carbocycles. The zero-order valence-corrected chi connectivity index (χ0v) is 22.5. The van der Waals surface area contributed by atoms with Crippen LogP contribution in [0.2, 0.25) is 10.0 Å². The van der Waals surface area contributed by atoms with E-state index in [-0.39, 0.29) is 12.6 Å². The van der Waals surface area contributed by atoms with Crippen LogP contribution in [0, 0.1) is 6.57 Å². The molecule has 1 aliphatic heterocycles. The van der Waals surface area contributed by atoms with Crippen molar-refractivity contribution in [2.75, 3.05) is 37.7 Å². The number of aliphatic hydroxyl groups excluding tert-OH is 1. The van der Waals surface area contributed by atoms with Gasteiger partial charge in [0.25, 0.3) is 0 Å². The molecule has 3 aromatic carbocycles. The molecule has 1 aliphatic rings. The Morgan fingerprint density at radius 1 is 1.11 bits per heavy atom. The van der Waals surface area contributed by atoms with E-state index < -0.39 is 11.7 Å². The fourth-order valence-electron chi connectivity index (χ4n) is 4.71. The number of benzene rings is 3. The fourth-order valence-corrected chi connectivity index (χ4v) is 5.11. The first kappa shape index (κ1) is 27.3. The fraction of sp³-hybridized carbons (Fsp3) is 0.345. The van der Waals surface area contributed by atoms with Crippen LogP contribution in [-0.2, 0) is 5.60 Å². The summed E-state index contributed by atoms with van der Waals surface area (Å²) in [7, 11) is 0. The Morgan fingerprint density at radius 3 is 2.54 bits per heavy atom. The molecule has 0 spiro atoms. The highest BCUT2D eigenvalue weighted by atomic mass is 35.5. The van der Waals surface area contributed by atoms with Crippen LogP contribution in [0.25, 0.3) is 4.85 Å². The van der Waals surface area contributed by atoms with Crippen LogP contribution < -0.4 is 9.64 Å². The lowest BCUT2D eigenvalue weighted by atomic mass is 9.93. The number of β-amino-alcohol motifs (C(OH)–C–C–N with tert-alkyl or cyclic N) is 1. The quantitative estimate of drug-likeness (QED) is 0.340. The van der Waals surface area contributed by atoms with Gasteiger partial charge >= 0.3 is 0 Å². The van der Waals surface area contributed by atoms with Crippen molar-refractivity contribution in [3.63, 3.8) is 0 Å². The topological polar surface area (TPSA) is 60.5 Å². The predicted molar refractivity (Wildman–Crippen MR) is 149 cm³/mol. The number of hydrogen-bond acceptors (Lipinski definition) is 5. The van der Waals surface area contributed by atoms with E-state index in [1.54, 1.807) is 32.0 Å². The molecule has 0 radical (unpaired) electrons. The number of anilines is 1. The third-order valence-corrected chi connectivity index (χ3v) is 7.12. The van der Waals surface area contributed by atoms with Gasteiger partial charge in [0.05, 0.1) is 35.0 Å². The summed E-state index contributed by atoms with van der Waals surface area (Å²) < 4.78 is 5.62. The van der Waals surface area contributed by atoms with Crippen molar-refractivity contribution in [2.45, 2.75) is 31.6 Å². The Balaban J connectivity index is 1.59. The summed E-state index contributed by atoms with van der Waals surface area (Å²) in [4.78, 5) is 8.02. The normalized spacial score (nSPS) is 18.6. The highest BCUT2D eigenvalue weighted by molar-refractivity contribution is 6.33. The van der Waals surface area contributed by atoms with Gasteiger partial charge in [-0.05, 0) is 49.2 Å². The summed E-state index contributed by atoms with van der Waals surface area (Å²) in [6.45, 7) is 13.5. The highest BCUT2D eigenvalue weighted by Gasteiger charge is 2.34. The lowest BCUT2D eigenvalue weighted by molar-refractivity contribution is 0.0103. The number of halogens is 2. The molecule has 6 nitrogen and oxygen atoms in total. The van der Waals surface area contributed by atoms with Crippen LogP contribution in [-0.4, -0.2) is 54.0 Å². The van der Waals surface area contributed by atoms with Gasteiger partial charge in [-0.1, -0.05) is 59.6 Å². The Kier molecular flexibility index (Phi) is 8.63. The maximum absolute atomic E-state index is 11.4. The number of rotatable bonds is 8. The van der Waals surface area contributed by atoms with Gasteiger partial charge in [0.2, 0.25) is 0 Å². The first-order chi connectivity index (χ1) is 17.7. The van der Waals surface area contributed by atoms with E-state index in [9.17, 15) is 10.2 Å². The van der Waals surface area contributed by atoms with Gasteiger partial charge < -0.3 is 19.8 Å². The number of ether oxygens (including phenoxy) is 1. The summed E-state index contributed by atoms with van der Waals surface area (Å²) >= 11 is 12.9. The predicted octanol–water partition coefficient (Wildman–Crippen LogP) is 6.07. The van der Waals surface area contributed by atoms with Gasteiger partial charge in [-0.3, -0.25) is 4.90 Å². The van der Waals surface area contributed by atoms with Crippen molar-refractivity contribution in [3.8, 4) is 5.75 Å². The lowest BCUT2D eigenvalue weighted by Crippen LogP contribution is -2.52. The summed E-state index contributed by atoms with van der Waals surface area (Å²) in [5.41, 5.74) is 2.10. The molecule has 3 atom stereocenters. The molecule has 194 valence electrons. The Labute approximate surface area is 228 Å². The van der Waals surface area contributed by atoms with Crippen LogP contribution in [0.4, 0.5) is 11.4 Å². The van der Waals surface area contributed by atoms with Crippen molar-refractivity contribution in [3.05, 3.63) is 99.3 Å². The third kappa shape index (κ3) is 6.75. The molecule has 0 unspecified atom stereocenters. The van der Waals surface area contributed by atoms with E-state index in [2.05, 4.69) is 14.6 Å². The van der Waals surface area contributed by atoms with Crippen molar-refractivity contribution < 1.29 is 14.9 Å². The summed E-state index contributed by atoms with van der Waals surface area (Å²) in [5, 5.41) is 22.1. The lowest BCUT2D eigenvalue weighted by Gasteiger charge is -2.45. The Hall–Kier alpha value is -2.79. The van der Waals surface area contributed by atoms with Gasteiger partial charge in [-0.2, -0.15) is 0 Å². The van der Waals surface area contributed by atoms with Gasteiger partial charge in [-0.25, -0.2) is 4.85 Å². The van der Waals surface area contributed by atoms with Crippen LogP contribution in [0.5, 0.6) is 5.75 Å². The molecule has 1 heterocycles. The Bertz CT molecular complexity index is 1260. The third-order valence-electron chi connectivity index (χ3n) is 6.57. The standard InChI is InChI=1S/C29H31Cl2N3O3/c1-20(35)18-37-25-11-12-27(26(31)16-25)34-14-13-33(17-28(34)21-7-9-23(30)10-8-21)19-29(2,36)22-5-4-6-24(15-22)32-3/h4-12,15-16,20,28,35-36H,13-14,17-19H2,1-2H3/t20-,28+,29-/m1/s1. The van der Waals surface area contributed by atoms with E-state index in [0.717, 1.165) is 23.4 Å². The first-order valence-electron chi connectivity index (χ1n) is 12.2. The van der Waals surface area contributed by atoms with Crippen LogP contribution in [0.1, 0.15) is 31.0 Å². The minimum Gasteiger partial charge on any atom is -0.491 e. The van der Waals surface area contributed by atoms with Crippen molar-refractivity contribution >= 4 is 34.6 Å². The van der Waals surface area contributed by atoms with Crippen molar-refractivity contribution in [1.29, 1.82) is 0 Å². The highest BCUT2D eigenvalue weighted by Crippen LogP contribution is 2.38. The molecule has 1 saturated heterocycles. The minimum atomic E-state index is -1.12. The van der Waals surface area contributed by atoms with Crippen molar-refractivity contribution in [1.82, 2.24) is 4.90 Å². The monoisotopic (exact) mass is 539 g/mol. The second-order valence-electron chi connectivity index (χ2n) is 9.71.